The molecule has 5 nitrogen and oxygen atoms in total. The van der Waals surface area contributed by atoms with E-state index in [1.807, 2.05) is 0 Å². The summed E-state index contributed by atoms with van der Waals surface area (Å²) in [7, 11) is 1.63. The third kappa shape index (κ3) is 2.95. The van der Waals surface area contributed by atoms with Gasteiger partial charge in [-0.15, -0.1) is 0 Å². The lowest BCUT2D eigenvalue weighted by Crippen LogP contribution is -2.68. The van der Waals surface area contributed by atoms with Gasteiger partial charge in [-0.1, -0.05) is 0 Å². The van der Waals surface area contributed by atoms with Crippen LogP contribution in [0.5, 0.6) is 0 Å². The van der Waals surface area contributed by atoms with Crippen molar-refractivity contribution in [2.24, 2.45) is 0 Å². The van der Waals surface area contributed by atoms with Crippen molar-refractivity contribution in [1.82, 2.24) is 10.6 Å². The smallest absolute Gasteiger partial charge is 0.305 e. The molecule has 76 valence electrons. The average molecular weight is 188 g/mol. The lowest BCUT2D eigenvalue weighted by atomic mass is 9.88. The van der Waals surface area contributed by atoms with E-state index in [-0.39, 0.29) is 12.0 Å². The Kier molecular flexibility index (Phi) is 3.65. The summed E-state index contributed by atoms with van der Waals surface area (Å²) in [5.41, 5.74) is -0.246. The summed E-state index contributed by atoms with van der Waals surface area (Å²) in [6, 6.07) is 0. The first kappa shape index (κ1) is 10.4. The minimum Gasteiger partial charge on any atom is -0.481 e. The van der Waals surface area contributed by atoms with Gasteiger partial charge in [0.2, 0.25) is 0 Å². The Morgan fingerprint density at radius 3 is 2.77 bits per heavy atom. The van der Waals surface area contributed by atoms with Gasteiger partial charge >= 0.3 is 5.97 Å². The van der Waals surface area contributed by atoms with Crippen molar-refractivity contribution >= 4 is 5.97 Å². The highest BCUT2D eigenvalue weighted by molar-refractivity contribution is 5.68. The molecule has 0 spiro atoms. The van der Waals surface area contributed by atoms with E-state index < -0.39 is 5.97 Å². The molecule has 1 aliphatic rings. The second-order valence-electron chi connectivity index (χ2n) is 3.37. The summed E-state index contributed by atoms with van der Waals surface area (Å²) < 4.78 is 4.88. The predicted octanol–water partition coefficient (Wildman–Crippen LogP) is -0.961. The monoisotopic (exact) mass is 188 g/mol. The van der Waals surface area contributed by atoms with Crippen LogP contribution in [0.1, 0.15) is 6.42 Å². The minimum absolute atomic E-state index is 0.170. The predicted molar refractivity (Wildman–Crippen MR) is 47.7 cm³/mol. The van der Waals surface area contributed by atoms with Crippen molar-refractivity contribution in [3.8, 4) is 0 Å². The maximum absolute atomic E-state index is 10.5. The number of rotatable bonds is 6. The third-order valence-electron chi connectivity index (χ3n) is 2.22. The first-order valence-corrected chi connectivity index (χ1v) is 4.35. The van der Waals surface area contributed by atoms with E-state index in [1.165, 1.54) is 0 Å². The maximum atomic E-state index is 10.5. The van der Waals surface area contributed by atoms with Crippen LogP contribution in [0.2, 0.25) is 0 Å². The van der Waals surface area contributed by atoms with E-state index in [0.29, 0.717) is 13.2 Å². The SMILES string of the molecule is COCCNC1(CC(=O)O)CNC1. The highest BCUT2D eigenvalue weighted by Crippen LogP contribution is 2.15. The first-order chi connectivity index (χ1) is 6.18. The Morgan fingerprint density at radius 1 is 1.69 bits per heavy atom. The zero-order valence-corrected chi connectivity index (χ0v) is 7.80. The number of ether oxygens (including phenoxy) is 1. The van der Waals surface area contributed by atoms with Crippen LogP contribution in [0, 0.1) is 0 Å². The van der Waals surface area contributed by atoms with Crippen molar-refractivity contribution < 1.29 is 14.6 Å². The second kappa shape index (κ2) is 4.55. The molecular formula is C8H16N2O3. The number of nitrogens with one attached hydrogen (secondary N) is 2. The van der Waals surface area contributed by atoms with Gasteiger partial charge in [0, 0.05) is 26.7 Å². The van der Waals surface area contributed by atoms with Crippen LogP contribution < -0.4 is 10.6 Å². The topological polar surface area (TPSA) is 70.6 Å². The molecule has 0 aromatic carbocycles. The molecule has 3 N–H and O–H groups in total. The molecule has 0 unspecified atom stereocenters. The Morgan fingerprint density at radius 2 is 2.38 bits per heavy atom. The van der Waals surface area contributed by atoms with Crippen molar-refractivity contribution in [3.05, 3.63) is 0 Å². The summed E-state index contributed by atoms with van der Waals surface area (Å²) in [5.74, 6) is -0.758. The van der Waals surface area contributed by atoms with E-state index >= 15 is 0 Å². The van der Waals surface area contributed by atoms with E-state index in [2.05, 4.69) is 10.6 Å². The van der Waals surface area contributed by atoms with Crippen molar-refractivity contribution in [3.63, 3.8) is 0 Å². The summed E-state index contributed by atoms with van der Waals surface area (Å²) in [5, 5.41) is 14.9. The first-order valence-electron chi connectivity index (χ1n) is 4.35. The van der Waals surface area contributed by atoms with Gasteiger partial charge < -0.3 is 20.5 Å². The molecule has 0 atom stereocenters. The highest BCUT2D eigenvalue weighted by Gasteiger charge is 2.38. The van der Waals surface area contributed by atoms with Crippen LogP contribution in [0.15, 0.2) is 0 Å². The Balaban J connectivity index is 2.27. The van der Waals surface area contributed by atoms with E-state index in [0.717, 1.165) is 13.1 Å². The Bertz CT molecular complexity index is 180. The zero-order valence-electron chi connectivity index (χ0n) is 7.80. The van der Waals surface area contributed by atoms with Crippen molar-refractivity contribution in [1.29, 1.82) is 0 Å². The molecule has 13 heavy (non-hydrogen) atoms. The molecule has 0 radical (unpaired) electrons. The van der Waals surface area contributed by atoms with Crippen molar-refractivity contribution in [2.75, 3.05) is 33.4 Å². The molecule has 1 rings (SSSR count). The number of carboxylic acid groups (broad SMARTS) is 1. The maximum Gasteiger partial charge on any atom is 0.305 e. The fraction of sp³-hybridized carbons (Fsp3) is 0.875. The number of methoxy groups -OCH3 is 1. The summed E-state index contributed by atoms with van der Waals surface area (Å²) in [4.78, 5) is 10.5. The normalized spacial score (nSPS) is 19.5. The van der Waals surface area contributed by atoms with Crippen LogP contribution in [-0.2, 0) is 9.53 Å². The molecule has 0 aliphatic carbocycles. The Labute approximate surface area is 77.5 Å². The molecule has 1 fully saturated rings. The second-order valence-corrected chi connectivity index (χ2v) is 3.37. The average Bonchev–Trinajstić information content (AvgIpc) is 1.99. The number of hydrogen-bond donors (Lipinski definition) is 3. The molecule has 0 bridgehead atoms. The van der Waals surface area contributed by atoms with Crippen molar-refractivity contribution in [2.45, 2.75) is 12.0 Å². The number of aliphatic carboxylic acids is 1. The van der Waals surface area contributed by atoms with Gasteiger partial charge in [-0.3, -0.25) is 4.79 Å². The van der Waals surface area contributed by atoms with Gasteiger partial charge in [0.15, 0.2) is 0 Å². The molecule has 1 aliphatic heterocycles. The van der Waals surface area contributed by atoms with E-state index in [9.17, 15) is 4.79 Å². The van der Waals surface area contributed by atoms with Gasteiger partial charge in [-0.2, -0.15) is 0 Å². The van der Waals surface area contributed by atoms with Gasteiger partial charge in [0.05, 0.1) is 18.6 Å². The molecule has 0 saturated carbocycles. The van der Waals surface area contributed by atoms with Gasteiger partial charge in [-0.25, -0.2) is 0 Å². The fourth-order valence-corrected chi connectivity index (χ4v) is 1.45. The molecule has 0 amide bonds. The molecule has 5 heteroatoms. The molecular weight excluding hydrogens is 172 g/mol. The number of carboxylic acids is 1. The summed E-state index contributed by atoms with van der Waals surface area (Å²) >= 11 is 0. The zero-order chi connectivity index (χ0) is 9.73. The number of hydrogen-bond acceptors (Lipinski definition) is 4. The fourth-order valence-electron chi connectivity index (χ4n) is 1.45. The molecule has 1 heterocycles. The summed E-state index contributed by atoms with van der Waals surface area (Å²) in [6.07, 6.45) is 0.170. The van der Waals surface area contributed by atoms with Crippen LogP contribution in [0.4, 0.5) is 0 Å². The standard InChI is InChI=1S/C8H16N2O3/c1-13-3-2-10-8(4-7(11)12)5-9-6-8/h9-10H,2-6H2,1H3,(H,11,12). The van der Waals surface area contributed by atoms with Gasteiger partial charge in [0.1, 0.15) is 0 Å². The Hall–Kier alpha value is -0.650. The van der Waals surface area contributed by atoms with E-state index in [4.69, 9.17) is 9.84 Å². The number of carbonyl (C=O) groups is 1. The summed E-state index contributed by atoms with van der Waals surface area (Å²) in [6.45, 7) is 2.76. The van der Waals surface area contributed by atoms with Gasteiger partial charge in [0.25, 0.3) is 0 Å². The van der Waals surface area contributed by atoms with Crippen LogP contribution in [-0.4, -0.2) is 50.0 Å². The van der Waals surface area contributed by atoms with Gasteiger partial charge in [-0.05, 0) is 0 Å². The quantitative estimate of drug-likeness (QED) is 0.468. The highest BCUT2D eigenvalue weighted by atomic mass is 16.5. The van der Waals surface area contributed by atoms with Crippen LogP contribution in [0.3, 0.4) is 0 Å². The van der Waals surface area contributed by atoms with Crippen LogP contribution >= 0.6 is 0 Å². The van der Waals surface area contributed by atoms with E-state index in [1.54, 1.807) is 7.11 Å². The molecule has 0 aromatic rings. The molecule has 1 saturated heterocycles. The third-order valence-corrected chi connectivity index (χ3v) is 2.22. The van der Waals surface area contributed by atoms with Crippen LogP contribution in [0.25, 0.3) is 0 Å². The lowest BCUT2D eigenvalue weighted by molar-refractivity contribution is -0.139. The molecule has 0 aromatic heterocycles. The lowest BCUT2D eigenvalue weighted by Gasteiger charge is -2.42. The largest absolute Gasteiger partial charge is 0.481 e. The minimum atomic E-state index is -0.758.